The lowest BCUT2D eigenvalue weighted by Gasteiger charge is -2.35. The Balaban J connectivity index is 2.20. The van der Waals surface area contributed by atoms with Crippen LogP contribution in [0.5, 0.6) is 0 Å². The molecule has 96 valence electrons. The monoisotopic (exact) mass is 227 g/mol. The second kappa shape index (κ2) is 7.29. The highest BCUT2D eigenvalue weighted by Gasteiger charge is 2.23. The summed E-state index contributed by atoms with van der Waals surface area (Å²) in [5.74, 6) is 1.86. The Morgan fingerprint density at radius 2 is 1.81 bits per heavy atom. The lowest BCUT2D eigenvalue weighted by molar-refractivity contribution is 0.110. The molecule has 16 heavy (non-hydrogen) atoms. The first-order valence-corrected chi connectivity index (χ1v) is 6.82. The highest BCUT2D eigenvalue weighted by Crippen LogP contribution is 2.31. The largest absolute Gasteiger partial charge is 0.383 e. The number of ether oxygens (including phenoxy) is 1. The van der Waals surface area contributed by atoms with Crippen molar-refractivity contribution in [1.29, 1.82) is 0 Å². The van der Waals surface area contributed by atoms with Gasteiger partial charge in [0.15, 0.2) is 0 Å². The van der Waals surface area contributed by atoms with Gasteiger partial charge in [0.2, 0.25) is 0 Å². The molecule has 0 spiro atoms. The molecular weight excluding hydrogens is 198 g/mol. The summed E-state index contributed by atoms with van der Waals surface area (Å²) in [4.78, 5) is 2.48. The smallest absolute Gasteiger partial charge is 0.0589 e. The number of methoxy groups -OCH3 is 1. The molecule has 0 aromatic heterocycles. The van der Waals surface area contributed by atoms with Crippen LogP contribution in [0.25, 0.3) is 0 Å². The van der Waals surface area contributed by atoms with Crippen molar-refractivity contribution in [2.24, 2.45) is 11.8 Å². The van der Waals surface area contributed by atoms with E-state index >= 15 is 0 Å². The lowest BCUT2D eigenvalue weighted by atomic mass is 9.81. The Morgan fingerprint density at radius 3 is 2.31 bits per heavy atom. The van der Waals surface area contributed by atoms with Gasteiger partial charge < -0.3 is 9.64 Å². The highest BCUT2D eigenvalue weighted by molar-refractivity contribution is 4.78. The number of nitrogens with zero attached hydrogens (tertiary/aromatic N) is 1. The lowest BCUT2D eigenvalue weighted by Crippen LogP contribution is -2.37. The van der Waals surface area contributed by atoms with Gasteiger partial charge in [-0.3, -0.25) is 0 Å². The van der Waals surface area contributed by atoms with E-state index in [2.05, 4.69) is 25.8 Å². The van der Waals surface area contributed by atoms with Crippen LogP contribution < -0.4 is 0 Å². The molecule has 1 fully saturated rings. The zero-order valence-electron chi connectivity index (χ0n) is 11.5. The van der Waals surface area contributed by atoms with Gasteiger partial charge in [-0.2, -0.15) is 0 Å². The molecule has 0 aliphatic heterocycles. The van der Waals surface area contributed by atoms with Crippen molar-refractivity contribution in [3.8, 4) is 0 Å². The predicted molar refractivity (Wildman–Crippen MR) is 69.7 cm³/mol. The number of hydrogen-bond donors (Lipinski definition) is 0. The molecule has 0 amide bonds. The van der Waals surface area contributed by atoms with Crippen LogP contribution in [0.1, 0.15) is 46.0 Å². The van der Waals surface area contributed by atoms with Crippen LogP contribution in [0.4, 0.5) is 0 Å². The maximum Gasteiger partial charge on any atom is 0.0589 e. The normalized spacial score (nSPS) is 26.6. The van der Waals surface area contributed by atoms with Crippen LogP contribution >= 0.6 is 0 Å². The van der Waals surface area contributed by atoms with Gasteiger partial charge in [-0.1, -0.05) is 13.8 Å². The third kappa shape index (κ3) is 4.84. The zero-order chi connectivity index (χ0) is 12.0. The second-order valence-electron chi connectivity index (χ2n) is 5.78. The Kier molecular flexibility index (Phi) is 6.37. The predicted octanol–water partition coefficient (Wildman–Crippen LogP) is 3.17. The van der Waals surface area contributed by atoms with Gasteiger partial charge in [0, 0.05) is 19.7 Å². The van der Waals surface area contributed by atoms with Crippen LogP contribution in [0, 0.1) is 11.8 Å². The van der Waals surface area contributed by atoms with E-state index in [1.807, 2.05) is 0 Å². The fourth-order valence-electron chi connectivity index (χ4n) is 2.91. The molecule has 0 radical (unpaired) electrons. The van der Waals surface area contributed by atoms with Crippen molar-refractivity contribution in [3.63, 3.8) is 0 Å². The third-order valence-corrected chi connectivity index (χ3v) is 3.89. The van der Waals surface area contributed by atoms with Crippen molar-refractivity contribution in [3.05, 3.63) is 0 Å². The van der Waals surface area contributed by atoms with Gasteiger partial charge in [-0.25, -0.2) is 0 Å². The quantitative estimate of drug-likeness (QED) is 0.691. The van der Waals surface area contributed by atoms with E-state index in [0.29, 0.717) is 0 Å². The zero-order valence-corrected chi connectivity index (χ0v) is 11.5. The van der Waals surface area contributed by atoms with E-state index < -0.39 is 0 Å². The molecule has 0 N–H and O–H groups in total. The van der Waals surface area contributed by atoms with Gasteiger partial charge in [0.25, 0.3) is 0 Å². The molecule has 0 bridgehead atoms. The number of rotatable bonds is 6. The Morgan fingerprint density at radius 1 is 1.19 bits per heavy atom. The molecule has 0 unspecified atom stereocenters. The minimum atomic E-state index is 0.804. The third-order valence-electron chi connectivity index (χ3n) is 3.89. The molecule has 0 atom stereocenters. The van der Waals surface area contributed by atoms with Crippen LogP contribution in [0.3, 0.4) is 0 Å². The van der Waals surface area contributed by atoms with Gasteiger partial charge in [-0.15, -0.1) is 0 Å². The molecule has 1 aliphatic carbocycles. The van der Waals surface area contributed by atoms with Gasteiger partial charge >= 0.3 is 0 Å². The van der Waals surface area contributed by atoms with E-state index in [0.717, 1.165) is 31.0 Å². The topological polar surface area (TPSA) is 12.5 Å². The van der Waals surface area contributed by atoms with Gasteiger partial charge in [-0.05, 0) is 51.0 Å². The summed E-state index contributed by atoms with van der Waals surface area (Å²) in [5, 5.41) is 0. The maximum absolute atomic E-state index is 5.14. The summed E-state index contributed by atoms with van der Waals surface area (Å²) in [7, 11) is 4.03. The first-order valence-electron chi connectivity index (χ1n) is 6.82. The number of likely N-dealkylation sites (N-methyl/N-ethyl adjacent to an activating group) is 1. The Bertz CT molecular complexity index is 174. The first kappa shape index (κ1) is 14.0. The van der Waals surface area contributed by atoms with E-state index in [1.165, 1.54) is 32.1 Å². The molecule has 2 heteroatoms. The summed E-state index contributed by atoms with van der Waals surface area (Å²) in [6, 6.07) is 0.804. The molecule has 0 aromatic rings. The van der Waals surface area contributed by atoms with Gasteiger partial charge in [0.05, 0.1) is 6.61 Å². The summed E-state index contributed by atoms with van der Waals surface area (Å²) in [6.45, 7) is 6.63. The van der Waals surface area contributed by atoms with Gasteiger partial charge in [0.1, 0.15) is 0 Å². The summed E-state index contributed by atoms with van der Waals surface area (Å²) in [5.41, 5.74) is 0. The van der Waals surface area contributed by atoms with Crippen molar-refractivity contribution in [2.75, 3.05) is 27.3 Å². The Labute approximate surface area is 101 Å². The van der Waals surface area contributed by atoms with E-state index in [-0.39, 0.29) is 0 Å². The van der Waals surface area contributed by atoms with Crippen molar-refractivity contribution in [1.82, 2.24) is 4.90 Å². The van der Waals surface area contributed by atoms with Crippen molar-refractivity contribution in [2.45, 2.75) is 52.0 Å². The Hall–Kier alpha value is -0.0800. The second-order valence-corrected chi connectivity index (χ2v) is 5.78. The molecule has 1 rings (SSSR count). The summed E-state index contributed by atoms with van der Waals surface area (Å²) < 4.78 is 5.14. The minimum Gasteiger partial charge on any atom is -0.383 e. The summed E-state index contributed by atoms with van der Waals surface area (Å²) >= 11 is 0. The minimum absolute atomic E-state index is 0.804. The van der Waals surface area contributed by atoms with Crippen LogP contribution in [-0.2, 0) is 4.74 Å². The van der Waals surface area contributed by atoms with E-state index in [4.69, 9.17) is 4.74 Å². The molecule has 2 nitrogen and oxygen atoms in total. The van der Waals surface area contributed by atoms with Crippen molar-refractivity contribution >= 4 is 0 Å². The molecular formula is C14H29NO. The van der Waals surface area contributed by atoms with Crippen LogP contribution in [0.15, 0.2) is 0 Å². The van der Waals surface area contributed by atoms with E-state index in [9.17, 15) is 0 Å². The first-order chi connectivity index (χ1) is 7.63. The van der Waals surface area contributed by atoms with E-state index in [1.54, 1.807) is 7.11 Å². The molecule has 1 aliphatic rings. The average Bonchev–Trinajstić information content (AvgIpc) is 2.26. The highest BCUT2D eigenvalue weighted by atomic mass is 16.5. The maximum atomic E-state index is 5.14. The average molecular weight is 227 g/mol. The fourth-order valence-corrected chi connectivity index (χ4v) is 2.91. The summed E-state index contributed by atoms with van der Waals surface area (Å²) in [6.07, 6.45) is 7.06. The molecule has 1 saturated carbocycles. The van der Waals surface area contributed by atoms with Crippen LogP contribution in [0.2, 0.25) is 0 Å². The standard InChI is InChI=1S/C14H29NO/c1-12(2)11-13-5-7-14(8-6-13)15(3)9-10-16-4/h12-14H,5-11H2,1-4H3. The molecule has 0 heterocycles. The SMILES string of the molecule is COCCN(C)C1CCC(CC(C)C)CC1. The molecule has 0 aromatic carbocycles. The molecule has 0 saturated heterocycles. The number of hydrogen-bond acceptors (Lipinski definition) is 2. The van der Waals surface area contributed by atoms with Crippen LogP contribution in [-0.4, -0.2) is 38.3 Å². The fraction of sp³-hybridized carbons (Fsp3) is 1.00. The van der Waals surface area contributed by atoms with Crippen molar-refractivity contribution < 1.29 is 4.74 Å².